The van der Waals surface area contributed by atoms with Crippen LogP contribution in [-0.2, 0) is 0 Å². The molecule has 0 aromatic carbocycles. The van der Waals surface area contributed by atoms with E-state index in [1.807, 2.05) is 23.8 Å². The van der Waals surface area contributed by atoms with Gasteiger partial charge >= 0.3 is 0 Å². The van der Waals surface area contributed by atoms with Gasteiger partial charge in [-0.3, -0.25) is 4.98 Å². The zero-order valence-electron chi connectivity index (χ0n) is 13.9. The summed E-state index contributed by atoms with van der Waals surface area (Å²) in [7, 11) is 1.89. The lowest BCUT2D eigenvalue weighted by molar-refractivity contribution is 0.445. The van der Waals surface area contributed by atoms with E-state index < -0.39 is 0 Å². The number of aromatic nitrogens is 4. The van der Waals surface area contributed by atoms with Gasteiger partial charge < -0.3 is 11.1 Å². The third kappa shape index (κ3) is 2.48. The Hall–Kier alpha value is -2.63. The highest BCUT2D eigenvalue weighted by atomic mass is 15.4. The van der Waals surface area contributed by atoms with Crippen LogP contribution in [0.3, 0.4) is 0 Å². The van der Waals surface area contributed by atoms with Gasteiger partial charge in [0.2, 0.25) is 5.95 Å². The van der Waals surface area contributed by atoms with Crippen molar-refractivity contribution in [2.24, 2.45) is 0 Å². The summed E-state index contributed by atoms with van der Waals surface area (Å²) in [6.07, 6.45) is 9.94. The third-order valence-corrected chi connectivity index (χ3v) is 4.91. The lowest BCUT2D eigenvalue weighted by Crippen LogP contribution is -2.11. The van der Waals surface area contributed by atoms with Crippen LogP contribution in [0.5, 0.6) is 0 Å². The second-order valence-corrected chi connectivity index (χ2v) is 6.39. The maximum atomic E-state index is 5.92. The maximum absolute atomic E-state index is 5.92. The highest BCUT2D eigenvalue weighted by Crippen LogP contribution is 2.41. The maximum Gasteiger partial charge on any atom is 0.240 e. The molecule has 6 heteroatoms. The fourth-order valence-electron chi connectivity index (χ4n) is 3.80. The Kier molecular flexibility index (Phi) is 3.80. The molecule has 1 aliphatic rings. The van der Waals surface area contributed by atoms with Crippen LogP contribution >= 0.6 is 0 Å². The number of hydrogen-bond acceptors (Lipinski definition) is 5. The third-order valence-electron chi connectivity index (χ3n) is 4.91. The second kappa shape index (κ2) is 6.11. The summed E-state index contributed by atoms with van der Waals surface area (Å²) in [4.78, 5) is 8.85. The summed E-state index contributed by atoms with van der Waals surface area (Å²) < 4.78 is 1.83. The molecular weight excluding hydrogens is 300 g/mol. The fourth-order valence-corrected chi connectivity index (χ4v) is 3.80. The van der Waals surface area contributed by atoms with Gasteiger partial charge in [-0.25, -0.2) is 0 Å². The molecule has 3 N–H and O–H groups in total. The van der Waals surface area contributed by atoms with Gasteiger partial charge in [-0.2, -0.15) is 9.50 Å². The van der Waals surface area contributed by atoms with E-state index in [1.165, 1.54) is 43.2 Å². The van der Waals surface area contributed by atoms with E-state index in [9.17, 15) is 0 Å². The molecule has 1 fully saturated rings. The molecule has 1 saturated carbocycles. The van der Waals surface area contributed by atoms with E-state index in [-0.39, 0.29) is 0 Å². The zero-order valence-corrected chi connectivity index (χ0v) is 13.9. The molecule has 0 saturated heterocycles. The van der Waals surface area contributed by atoms with Crippen molar-refractivity contribution in [3.63, 3.8) is 0 Å². The number of nitrogens with one attached hydrogen (secondary N) is 1. The monoisotopic (exact) mass is 322 g/mol. The minimum Gasteiger partial charge on any atom is -0.373 e. The molecule has 0 radical (unpaired) electrons. The van der Waals surface area contributed by atoms with Crippen molar-refractivity contribution in [1.82, 2.24) is 19.6 Å². The first-order valence-electron chi connectivity index (χ1n) is 8.55. The number of rotatable bonds is 3. The van der Waals surface area contributed by atoms with Crippen LogP contribution in [-0.4, -0.2) is 26.6 Å². The molecule has 4 rings (SSSR count). The van der Waals surface area contributed by atoms with Gasteiger partial charge in [0.05, 0.1) is 0 Å². The molecule has 6 nitrogen and oxygen atoms in total. The summed E-state index contributed by atoms with van der Waals surface area (Å²) in [5.74, 6) is 1.69. The van der Waals surface area contributed by atoms with Crippen molar-refractivity contribution in [2.45, 2.75) is 38.0 Å². The van der Waals surface area contributed by atoms with E-state index >= 15 is 0 Å². The Morgan fingerprint density at radius 2 is 2.08 bits per heavy atom. The summed E-state index contributed by atoms with van der Waals surface area (Å²) in [5, 5.41) is 7.59. The molecule has 3 aromatic heterocycles. The smallest absolute Gasteiger partial charge is 0.240 e. The molecule has 0 unspecified atom stereocenters. The second-order valence-electron chi connectivity index (χ2n) is 6.39. The van der Waals surface area contributed by atoms with E-state index in [4.69, 9.17) is 5.73 Å². The highest BCUT2D eigenvalue weighted by molar-refractivity contribution is 5.78. The first kappa shape index (κ1) is 14.9. The fraction of sp³-hybridized carbons (Fsp3) is 0.389. The molecule has 1 aliphatic carbocycles. The van der Waals surface area contributed by atoms with Crippen LogP contribution in [0.15, 0.2) is 30.6 Å². The predicted octanol–water partition coefficient (Wildman–Crippen LogP) is 3.46. The topological polar surface area (TPSA) is 81.1 Å². The minimum atomic E-state index is 0.312. The molecule has 124 valence electrons. The number of hydrogen-bond donors (Lipinski definition) is 2. The van der Waals surface area contributed by atoms with Gasteiger partial charge in [-0.05, 0) is 36.5 Å². The quantitative estimate of drug-likeness (QED) is 0.772. The molecule has 0 spiro atoms. The number of nitrogens with two attached hydrogens (primary N) is 1. The SMILES string of the molecule is CNc1cc(-c2cccnc2)c(C2CCCCC2)c2nc(N)nn12. The number of fused-ring (bicyclic) bond motifs is 1. The average molecular weight is 322 g/mol. The lowest BCUT2D eigenvalue weighted by atomic mass is 9.81. The predicted molar refractivity (Wildman–Crippen MR) is 96.0 cm³/mol. The van der Waals surface area contributed by atoms with Crippen LogP contribution in [0.25, 0.3) is 16.8 Å². The summed E-state index contributed by atoms with van der Waals surface area (Å²) >= 11 is 0. The first-order valence-corrected chi connectivity index (χ1v) is 8.55. The van der Waals surface area contributed by atoms with Gasteiger partial charge in [0.1, 0.15) is 5.82 Å². The van der Waals surface area contributed by atoms with Gasteiger partial charge in [0, 0.05) is 30.6 Å². The Bertz CT molecular complexity index is 849. The van der Waals surface area contributed by atoms with Crippen LogP contribution in [0.2, 0.25) is 0 Å². The summed E-state index contributed by atoms with van der Waals surface area (Å²) in [6, 6.07) is 6.22. The highest BCUT2D eigenvalue weighted by Gasteiger charge is 2.25. The number of nitrogens with zero attached hydrogens (tertiary/aromatic N) is 4. The summed E-state index contributed by atoms with van der Waals surface area (Å²) in [6.45, 7) is 0. The summed E-state index contributed by atoms with van der Waals surface area (Å²) in [5.41, 5.74) is 10.3. The van der Waals surface area contributed by atoms with Crippen LogP contribution < -0.4 is 11.1 Å². The van der Waals surface area contributed by atoms with E-state index in [0.717, 1.165) is 17.0 Å². The minimum absolute atomic E-state index is 0.312. The van der Waals surface area contributed by atoms with E-state index in [2.05, 4.69) is 32.5 Å². The zero-order chi connectivity index (χ0) is 16.5. The molecule has 3 heterocycles. The van der Waals surface area contributed by atoms with Crippen molar-refractivity contribution in [3.05, 3.63) is 36.2 Å². The van der Waals surface area contributed by atoms with Crippen LogP contribution in [0.1, 0.15) is 43.6 Å². The molecule has 0 amide bonds. The Balaban J connectivity index is 2.01. The van der Waals surface area contributed by atoms with Crippen molar-refractivity contribution in [3.8, 4) is 11.1 Å². The average Bonchev–Trinajstić information content (AvgIpc) is 3.03. The van der Waals surface area contributed by atoms with Gasteiger partial charge in [-0.1, -0.05) is 25.3 Å². The van der Waals surface area contributed by atoms with Crippen molar-refractivity contribution >= 4 is 17.4 Å². The first-order chi connectivity index (χ1) is 11.8. The molecule has 0 atom stereocenters. The normalized spacial score (nSPS) is 15.7. The van der Waals surface area contributed by atoms with Gasteiger partial charge in [-0.15, -0.1) is 5.10 Å². The Morgan fingerprint density at radius 1 is 1.25 bits per heavy atom. The lowest BCUT2D eigenvalue weighted by Gasteiger charge is -2.25. The van der Waals surface area contributed by atoms with Gasteiger partial charge in [0.25, 0.3) is 0 Å². The van der Waals surface area contributed by atoms with Crippen LogP contribution in [0, 0.1) is 0 Å². The Labute approximate surface area is 141 Å². The molecule has 0 bridgehead atoms. The number of anilines is 2. The standard InChI is InChI=1S/C18H22N6/c1-20-15-10-14(13-8-5-9-21-11-13)16(12-6-3-2-4-7-12)17-22-18(19)23-24(15)17/h5,8-12,20H,2-4,6-7H2,1H3,(H2,19,23). The Morgan fingerprint density at radius 3 is 2.79 bits per heavy atom. The number of pyridine rings is 2. The van der Waals surface area contributed by atoms with E-state index in [0.29, 0.717) is 11.9 Å². The van der Waals surface area contributed by atoms with Gasteiger partial charge in [0.15, 0.2) is 5.65 Å². The number of nitrogen functional groups attached to an aromatic ring is 1. The van der Waals surface area contributed by atoms with Crippen molar-refractivity contribution in [2.75, 3.05) is 18.1 Å². The molecule has 3 aromatic rings. The van der Waals surface area contributed by atoms with E-state index in [1.54, 1.807) is 6.20 Å². The largest absolute Gasteiger partial charge is 0.373 e. The molecule has 0 aliphatic heterocycles. The molecule has 24 heavy (non-hydrogen) atoms. The molecular formula is C18H22N6. The van der Waals surface area contributed by atoms with Crippen LogP contribution in [0.4, 0.5) is 11.8 Å². The van der Waals surface area contributed by atoms with Crippen molar-refractivity contribution in [1.29, 1.82) is 0 Å². The van der Waals surface area contributed by atoms with Crippen molar-refractivity contribution < 1.29 is 0 Å².